The van der Waals surface area contributed by atoms with Crippen molar-refractivity contribution in [2.75, 3.05) is 5.73 Å². The zero-order valence-electron chi connectivity index (χ0n) is 13.0. The van der Waals surface area contributed by atoms with Crippen LogP contribution in [-0.4, -0.2) is 15.2 Å². The van der Waals surface area contributed by atoms with Gasteiger partial charge >= 0.3 is 5.69 Å². The van der Waals surface area contributed by atoms with Crippen molar-refractivity contribution in [3.05, 3.63) is 45.1 Å². The first kappa shape index (κ1) is 14.5. The Morgan fingerprint density at radius 3 is 3.04 bits per heavy atom. The first-order chi connectivity index (χ1) is 10.9. The second-order valence-corrected chi connectivity index (χ2v) is 7.44. The fourth-order valence-electron chi connectivity index (χ4n) is 2.98. The molecule has 6 nitrogen and oxygen atoms in total. The summed E-state index contributed by atoms with van der Waals surface area (Å²) in [4.78, 5) is 18.3. The average Bonchev–Trinajstić information content (AvgIpc) is 3.09. The molecule has 0 aromatic carbocycles. The summed E-state index contributed by atoms with van der Waals surface area (Å²) in [5.74, 6) is 1.12. The predicted molar refractivity (Wildman–Crippen MR) is 88.7 cm³/mol. The average molecular weight is 331 g/mol. The van der Waals surface area contributed by atoms with Crippen LogP contribution in [0.3, 0.4) is 0 Å². The number of aromatic nitrogens is 2. The molecule has 0 atom stereocenters. The molecule has 0 bridgehead atoms. The standard InChI is InChI=1S/C16H17N3O3S/c1-16(2)6-10-11(8-22-16)23-14-12(10)13(17)19(15(20)18-14)7-9-4-3-5-21-9/h3-5H,6-8,17H2,1-2H3. The Labute approximate surface area is 136 Å². The van der Waals surface area contributed by atoms with E-state index in [4.69, 9.17) is 14.9 Å². The molecular weight excluding hydrogens is 314 g/mol. The predicted octanol–water partition coefficient (Wildman–Crippen LogP) is 2.53. The van der Waals surface area contributed by atoms with Crippen LogP contribution >= 0.6 is 11.3 Å². The number of furan rings is 1. The van der Waals surface area contributed by atoms with Crippen LogP contribution in [0.4, 0.5) is 5.82 Å². The highest BCUT2D eigenvalue weighted by molar-refractivity contribution is 7.18. The number of nitrogen functional groups attached to an aromatic ring is 1. The molecule has 0 saturated carbocycles. The Bertz CT molecular complexity index is 938. The molecule has 0 amide bonds. The van der Waals surface area contributed by atoms with Gasteiger partial charge in [-0.3, -0.25) is 4.57 Å². The molecule has 120 valence electrons. The van der Waals surface area contributed by atoms with Crippen LogP contribution in [0.5, 0.6) is 0 Å². The normalized spacial score (nSPS) is 16.6. The highest BCUT2D eigenvalue weighted by atomic mass is 32.1. The molecule has 3 aromatic heterocycles. The highest BCUT2D eigenvalue weighted by Gasteiger charge is 2.31. The van der Waals surface area contributed by atoms with E-state index in [1.165, 1.54) is 15.9 Å². The molecule has 0 saturated heterocycles. The number of nitrogens with zero attached hydrogens (tertiary/aromatic N) is 2. The van der Waals surface area contributed by atoms with Crippen molar-refractivity contribution in [1.82, 2.24) is 9.55 Å². The lowest BCUT2D eigenvalue weighted by Crippen LogP contribution is -2.31. The zero-order valence-corrected chi connectivity index (χ0v) is 13.8. The zero-order chi connectivity index (χ0) is 16.2. The second kappa shape index (κ2) is 4.94. The number of anilines is 1. The van der Waals surface area contributed by atoms with Crippen molar-refractivity contribution in [3.63, 3.8) is 0 Å². The monoisotopic (exact) mass is 331 g/mol. The molecular formula is C16H17N3O3S. The molecule has 3 aromatic rings. The van der Waals surface area contributed by atoms with Gasteiger partial charge in [0, 0.05) is 11.3 Å². The van der Waals surface area contributed by atoms with Gasteiger partial charge in [-0.1, -0.05) is 0 Å². The third kappa shape index (κ3) is 2.36. The summed E-state index contributed by atoms with van der Waals surface area (Å²) in [6, 6.07) is 3.60. The van der Waals surface area contributed by atoms with E-state index in [1.807, 2.05) is 6.07 Å². The molecule has 1 aliphatic heterocycles. The Morgan fingerprint density at radius 1 is 1.48 bits per heavy atom. The molecule has 0 aliphatic carbocycles. The molecule has 0 unspecified atom stereocenters. The van der Waals surface area contributed by atoms with E-state index < -0.39 is 0 Å². The number of nitrogens with two attached hydrogens (primary N) is 1. The summed E-state index contributed by atoms with van der Waals surface area (Å²) in [6.07, 6.45) is 2.34. The van der Waals surface area contributed by atoms with Crippen molar-refractivity contribution in [3.8, 4) is 0 Å². The lowest BCUT2D eigenvalue weighted by Gasteiger charge is -2.30. The maximum Gasteiger partial charge on any atom is 0.350 e. The summed E-state index contributed by atoms with van der Waals surface area (Å²) in [7, 11) is 0. The number of hydrogen-bond donors (Lipinski definition) is 1. The summed E-state index contributed by atoms with van der Waals surface area (Å²) in [5.41, 5.74) is 6.90. The summed E-state index contributed by atoms with van der Waals surface area (Å²) >= 11 is 1.49. The van der Waals surface area contributed by atoms with Gasteiger partial charge in [0.15, 0.2) is 0 Å². The Morgan fingerprint density at radius 2 is 2.30 bits per heavy atom. The van der Waals surface area contributed by atoms with E-state index in [0.717, 1.165) is 22.2 Å². The van der Waals surface area contributed by atoms with Gasteiger partial charge in [-0.15, -0.1) is 11.3 Å². The van der Waals surface area contributed by atoms with E-state index in [1.54, 1.807) is 12.3 Å². The third-order valence-corrected chi connectivity index (χ3v) is 5.24. The number of hydrogen-bond acceptors (Lipinski definition) is 6. The van der Waals surface area contributed by atoms with Crippen LogP contribution in [0.15, 0.2) is 27.6 Å². The number of rotatable bonds is 2. The highest BCUT2D eigenvalue weighted by Crippen LogP contribution is 2.39. The van der Waals surface area contributed by atoms with Gasteiger partial charge in [0.25, 0.3) is 0 Å². The molecule has 4 rings (SSSR count). The first-order valence-corrected chi connectivity index (χ1v) is 8.23. The quantitative estimate of drug-likeness (QED) is 0.780. The van der Waals surface area contributed by atoms with Crippen LogP contribution in [0, 0.1) is 0 Å². The van der Waals surface area contributed by atoms with E-state index >= 15 is 0 Å². The minimum atomic E-state index is -0.356. The van der Waals surface area contributed by atoms with E-state index in [9.17, 15) is 4.79 Å². The van der Waals surface area contributed by atoms with Crippen molar-refractivity contribution < 1.29 is 9.15 Å². The fourth-order valence-corrected chi connectivity index (χ4v) is 4.08. The fraction of sp³-hybridized carbons (Fsp3) is 0.375. The number of thiophene rings is 1. The molecule has 2 N–H and O–H groups in total. The van der Waals surface area contributed by atoms with Crippen LogP contribution in [-0.2, 0) is 24.3 Å². The van der Waals surface area contributed by atoms with Crippen LogP contribution < -0.4 is 11.4 Å². The second-order valence-electron chi connectivity index (χ2n) is 6.35. The van der Waals surface area contributed by atoms with Gasteiger partial charge in [-0.2, -0.15) is 4.98 Å². The van der Waals surface area contributed by atoms with Crippen LogP contribution in [0.2, 0.25) is 0 Å². The number of fused-ring (bicyclic) bond motifs is 3. The lowest BCUT2D eigenvalue weighted by molar-refractivity contribution is -0.0379. The van der Waals surface area contributed by atoms with Gasteiger partial charge in [0.2, 0.25) is 0 Å². The number of ether oxygens (including phenoxy) is 1. The Balaban J connectivity index is 1.91. The lowest BCUT2D eigenvalue weighted by atomic mass is 9.94. The SMILES string of the molecule is CC1(C)Cc2c(sc3nc(=O)n(Cc4ccco4)c(N)c23)CO1. The molecule has 0 radical (unpaired) electrons. The van der Waals surface area contributed by atoms with Crippen molar-refractivity contribution in [2.45, 2.75) is 39.0 Å². The minimum absolute atomic E-state index is 0.241. The molecule has 1 aliphatic rings. The molecule has 23 heavy (non-hydrogen) atoms. The van der Waals surface area contributed by atoms with E-state index in [-0.39, 0.29) is 17.8 Å². The Kier molecular flexibility index (Phi) is 3.11. The summed E-state index contributed by atoms with van der Waals surface area (Å²) < 4.78 is 12.6. The van der Waals surface area contributed by atoms with E-state index in [2.05, 4.69) is 18.8 Å². The van der Waals surface area contributed by atoms with E-state index in [0.29, 0.717) is 23.0 Å². The largest absolute Gasteiger partial charge is 0.467 e. The van der Waals surface area contributed by atoms with Crippen molar-refractivity contribution >= 4 is 27.4 Å². The van der Waals surface area contributed by atoms with Crippen molar-refractivity contribution in [1.29, 1.82) is 0 Å². The molecule has 7 heteroatoms. The van der Waals surface area contributed by atoms with Gasteiger partial charge < -0.3 is 14.9 Å². The van der Waals surface area contributed by atoms with Gasteiger partial charge in [0.05, 0.1) is 30.4 Å². The smallest absolute Gasteiger partial charge is 0.350 e. The van der Waals surface area contributed by atoms with Crippen LogP contribution in [0.25, 0.3) is 10.2 Å². The summed E-state index contributed by atoms with van der Waals surface area (Å²) in [5, 5.41) is 0.882. The van der Waals surface area contributed by atoms with Gasteiger partial charge in [0.1, 0.15) is 16.4 Å². The Hall–Kier alpha value is -2.12. The van der Waals surface area contributed by atoms with Crippen molar-refractivity contribution in [2.24, 2.45) is 0 Å². The maximum absolute atomic E-state index is 12.3. The molecule has 0 fully saturated rings. The topological polar surface area (TPSA) is 83.3 Å². The molecule has 0 spiro atoms. The third-order valence-electron chi connectivity index (χ3n) is 4.14. The molecule has 4 heterocycles. The van der Waals surface area contributed by atoms with Gasteiger partial charge in [-0.25, -0.2) is 4.79 Å². The van der Waals surface area contributed by atoms with Gasteiger partial charge in [-0.05, 0) is 31.5 Å². The summed E-state index contributed by atoms with van der Waals surface area (Å²) in [6.45, 7) is 4.93. The minimum Gasteiger partial charge on any atom is -0.467 e. The van der Waals surface area contributed by atoms with Crippen LogP contribution in [0.1, 0.15) is 30.0 Å². The maximum atomic E-state index is 12.3. The first-order valence-electron chi connectivity index (χ1n) is 7.41.